The van der Waals surface area contributed by atoms with Crippen LogP contribution in [-0.2, 0) is 7.05 Å². The second-order valence-corrected chi connectivity index (χ2v) is 6.04. The average molecular weight is 342 g/mol. The van der Waals surface area contributed by atoms with Crippen LogP contribution in [0, 0.1) is 0 Å². The first-order chi connectivity index (χ1) is 11.8. The minimum atomic E-state index is 0.592. The predicted octanol–water partition coefficient (Wildman–Crippen LogP) is 3.06. The van der Waals surface area contributed by atoms with E-state index in [0.717, 1.165) is 33.8 Å². The Morgan fingerprint density at radius 2 is 1.71 bits per heavy atom. The van der Waals surface area contributed by atoms with Gasteiger partial charge in [0, 0.05) is 30.8 Å². The minimum Gasteiger partial charge on any atom is -0.497 e. The summed E-state index contributed by atoms with van der Waals surface area (Å²) in [7, 11) is 3.61. The topological polar surface area (TPSA) is 62.1 Å². The monoisotopic (exact) mass is 342 g/mol. The zero-order chi connectivity index (χ0) is 16.8. The fourth-order valence-corrected chi connectivity index (χ4v) is 2.89. The molecule has 6 nitrogen and oxygen atoms in total. The van der Waals surface area contributed by atoms with E-state index >= 15 is 0 Å². The van der Waals surface area contributed by atoms with Crippen LogP contribution < -0.4 is 9.47 Å². The number of aromatic nitrogens is 4. The van der Waals surface area contributed by atoms with Gasteiger partial charge in [0.05, 0.1) is 13.7 Å². The van der Waals surface area contributed by atoms with Crippen molar-refractivity contribution in [3.8, 4) is 22.9 Å². The third-order valence-electron chi connectivity index (χ3n) is 3.42. The molecule has 0 bridgehead atoms. The molecule has 0 aliphatic rings. The Labute approximate surface area is 144 Å². The van der Waals surface area contributed by atoms with E-state index in [2.05, 4.69) is 15.2 Å². The van der Waals surface area contributed by atoms with Crippen molar-refractivity contribution >= 4 is 11.8 Å². The molecule has 0 N–H and O–H groups in total. The normalized spacial score (nSPS) is 10.6. The van der Waals surface area contributed by atoms with Crippen molar-refractivity contribution in [3.63, 3.8) is 0 Å². The SMILES string of the molecule is COc1ccc(OCCSc2nnc(-c3ccncc3)n2C)cc1. The standard InChI is InChI=1S/C17H18N4O2S/c1-21-16(13-7-9-18-10-8-13)19-20-17(21)24-12-11-23-15-5-3-14(22-2)4-6-15/h3-10H,11-12H2,1-2H3. The van der Waals surface area contributed by atoms with Crippen molar-refractivity contribution in [2.24, 2.45) is 7.05 Å². The zero-order valence-corrected chi connectivity index (χ0v) is 14.4. The van der Waals surface area contributed by atoms with Crippen molar-refractivity contribution in [1.82, 2.24) is 19.7 Å². The quantitative estimate of drug-likeness (QED) is 0.486. The fourth-order valence-electron chi connectivity index (χ4n) is 2.16. The van der Waals surface area contributed by atoms with E-state index in [1.54, 1.807) is 31.3 Å². The Morgan fingerprint density at radius 1 is 1.00 bits per heavy atom. The maximum Gasteiger partial charge on any atom is 0.191 e. The van der Waals surface area contributed by atoms with Gasteiger partial charge >= 0.3 is 0 Å². The Morgan fingerprint density at radius 3 is 2.42 bits per heavy atom. The van der Waals surface area contributed by atoms with Crippen LogP contribution >= 0.6 is 11.8 Å². The van der Waals surface area contributed by atoms with Gasteiger partial charge in [0.15, 0.2) is 11.0 Å². The van der Waals surface area contributed by atoms with Crippen LogP contribution in [0.5, 0.6) is 11.5 Å². The van der Waals surface area contributed by atoms with Gasteiger partial charge in [-0.15, -0.1) is 10.2 Å². The number of methoxy groups -OCH3 is 1. The Hall–Kier alpha value is -2.54. The number of benzene rings is 1. The molecule has 0 saturated carbocycles. The van der Waals surface area contributed by atoms with E-state index in [1.807, 2.05) is 48.0 Å². The van der Waals surface area contributed by atoms with Crippen LogP contribution in [0.2, 0.25) is 0 Å². The molecule has 3 aromatic rings. The summed E-state index contributed by atoms with van der Waals surface area (Å²) in [6.45, 7) is 0.592. The van der Waals surface area contributed by atoms with E-state index in [4.69, 9.17) is 9.47 Å². The van der Waals surface area contributed by atoms with Gasteiger partial charge in [0.25, 0.3) is 0 Å². The third kappa shape index (κ3) is 3.86. The van der Waals surface area contributed by atoms with Crippen LogP contribution in [0.1, 0.15) is 0 Å². The molecule has 2 aromatic heterocycles. The molecule has 0 amide bonds. The summed E-state index contributed by atoms with van der Waals surface area (Å²) in [5.74, 6) is 3.26. The number of ether oxygens (including phenoxy) is 2. The third-order valence-corrected chi connectivity index (χ3v) is 4.40. The van der Waals surface area contributed by atoms with Gasteiger partial charge in [-0.3, -0.25) is 4.98 Å². The second kappa shape index (κ2) is 7.83. The Kier molecular flexibility index (Phi) is 5.32. The maximum absolute atomic E-state index is 5.72. The molecule has 0 saturated heterocycles. The lowest BCUT2D eigenvalue weighted by atomic mass is 10.2. The number of thioether (sulfide) groups is 1. The van der Waals surface area contributed by atoms with Gasteiger partial charge in [-0.05, 0) is 36.4 Å². The molecule has 24 heavy (non-hydrogen) atoms. The summed E-state index contributed by atoms with van der Waals surface area (Å²) in [5.41, 5.74) is 1.00. The highest BCUT2D eigenvalue weighted by atomic mass is 32.2. The summed E-state index contributed by atoms with van der Waals surface area (Å²) in [4.78, 5) is 4.02. The van der Waals surface area contributed by atoms with Crippen molar-refractivity contribution in [1.29, 1.82) is 0 Å². The molecule has 0 fully saturated rings. The van der Waals surface area contributed by atoms with E-state index in [0.29, 0.717) is 6.61 Å². The van der Waals surface area contributed by atoms with Gasteiger partial charge in [-0.2, -0.15) is 0 Å². The molecule has 0 atom stereocenters. The van der Waals surface area contributed by atoms with Crippen LogP contribution in [0.25, 0.3) is 11.4 Å². The van der Waals surface area contributed by atoms with Gasteiger partial charge < -0.3 is 14.0 Å². The maximum atomic E-state index is 5.72. The van der Waals surface area contributed by atoms with E-state index < -0.39 is 0 Å². The number of hydrogen-bond donors (Lipinski definition) is 0. The largest absolute Gasteiger partial charge is 0.497 e. The molecule has 2 heterocycles. The van der Waals surface area contributed by atoms with Gasteiger partial charge in [-0.1, -0.05) is 11.8 Å². The molecule has 1 aromatic carbocycles. The highest BCUT2D eigenvalue weighted by molar-refractivity contribution is 7.99. The molecule has 7 heteroatoms. The summed E-state index contributed by atoms with van der Waals surface area (Å²) in [6, 6.07) is 11.4. The molecular formula is C17H18N4O2S. The molecule has 0 aliphatic heterocycles. The predicted molar refractivity (Wildman–Crippen MR) is 93.4 cm³/mol. The average Bonchev–Trinajstić information content (AvgIpc) is 3.00. The van der Waals surface area contributed by atoms with Crippen LogP contribution in [-0.4, -0.2) is 39.2 Å². The number of hydrogen-bond acceptors (Lipinski definition) is 6. The minimum absolute atomic E-state index is 0.592. The van der Waals surface area contributed by atoms with Crippen LogP contribution in [0.15, 0.2) is 53.9 Å². The summed E-state index contributed by atoms with van der Waals surface area (Å²) >= 11 is 1.61. The lowest BCUT2D eigenvalue weighted by Crippen LogP contribution is -2.02. The fraction of sp³-hybridized carbons (Fsp3) is 0.235. The second-order valence-electron chi connectivity index (χ2n) is 4.97. The summed E-state index contributed by atoms with van der Waals surface area (Å²) < 4.78 is 12.8. The van der Waals surface area contributed by atoms with Gasteiger partial charge in [0.1, 0.15) is 11.5 Å². The number of nitrogens with zero attached hydrogens (tertiary/aromatic N) is 4. The molecule has 3 rings (SSSR count). The van der Waals surface area contributed by atoms with Crippen LogP contribution in [0.3, 0.4) is 0 Å². The smallest absolute Gasteiger partial charge is 0.191 e. The first kappa shape index (κ1) is 16.3. The first-order valence-electron chi connectivity index (χ1n) is 7.47. The molecule has 0 unspecified atom stereocenters. The Bertz CT molecular complexity index is 775. The van der Waals surface area contributed by atoms with E-state index in [-0.39, 0.29) is 0 Å². The van der Waals surface area contributed by atoms with Gasteiger partial charge in [-0.25, -0.2) is 0 Å². The zero-order valence-electron chi connectivity index (χ0n) is 13.5. The van der Waals surface area contributed by atoms with Gasteiger partial charge in [0.2, 0.25) is 0 Å². The van der Waals surface area contributed by atoms with E-state index in [9.17, 15) is 0 Å². The lowest BCUT2D eigenvalue weighted by Gasteiger charge is -2.07. The Balaban J connectivity index is 1.53. The van der Waals surface area contributed by atoms with Crippen LogP contribution in [0.4, 0.5) is 0 Å². The summed E-state index contributed by atoms with van der Waals surface area (Å²) in [5, 5.41) is 9.36. The molecule has 0 spiro atoms. The van der Waals surface area contributed by atoms with Crippen molar-refractivity contribution in [2.75, 3.05) is 19.5 Å². The first-order valence-corrected chi connectivity index (χ1v) is 8.46. The number of pyridine rings is 1. The number of rotatable bonds is 7. The van der Waals surface area contributed by atoms with Crippen molar-refractivity contribution in [2.45, 2.75) is 5.16 Å². The molecule has 0 radical (unpaired) electrons. The highest BCUT2D eigenvalue weighted by Crippen LogP contribution is 2.22. The van der Waals surface area contributed by atoms with Crippen molar-refractivity contribution in [3.05, 3.63) is 48.8 Å². The molecular weight excluding hydrogens is 324 g/mol. The van der Waals surface area contributed by atoms with E-state index in [1.165, 1.54) is 0 Å². The molecule has 0 aliphatic carbocycles. The molecule has 124 valence electrons. The summed E-state index contributed by atoms with van der Waals surface area (Å²) in [6.07, 6.45) is 3.50. The highest BCUT2D eigenvalue weighted by Gasteiger charge is 2.10. The van der Waals surface area contributed by atoms with Crippen molar-refractivity contribution < 1.29 is 9.47 Å². The lowest BCUT2D eigenvalue weighted by molar-refractivity contribution is 0.342.